The van der Waals surface area contributed by atoms with E-state index in [1.807, 2.05) is 36.4 Å². The van der Waals surface area contributed by atoms with Crippen LogP contribution in [0.5, 0.6) is 0 Å². The van der Waals surface area contributed by atoms with Crippen molar-refractivity contribution in [1.82, 2.24) is 10.2 Å². The van der Waals surface area contributed by atoms with E-state index in [1.165, 1.54) is 12.0 Å². The Balaban J connectivity index is 1.27. The number of methoxy groups -OCH3 is 1. The molecule has 3 atom stereocenters. The van der Waals surface area contributed by atoms with E-state index in [1.54, 1.807) is 0 Å². The number of hydrogen-bond acceptors (Lipinski definition) is 5. The third-order valence-electron chi connectivity index (χ3n) is 7.36. The lowest BCUT2D eigenvalue weighted by Crippen LogP contribution is -2.52. The molecule has 1 aliphatic heterocycles. The largest absolute Gasteiger partial charge is 0.480 e. The number of carboxylic acid groups (broad SMARTS) is 1. The molecule has 0 spiro atoms. The first-order chi connectivity index (χ1) is 17.0. The molecule has 0 bridgehead atoms. The highest BCUT2D eigenvalue weighted by Crippen LogP contribution is 2.44. The normalized spacial score (nSPS) is 21.8. The SMILES string of the molecule is COC1CC(C(=O)O)N(C(=O)C(CC2CC2)NC(=O)OCC2c3ccccc3-c3ccccc32)C1. The number of fused-ring (bicyclic) bond motifs is 3. The van der Waals surface area contributed by atoms with E-state index in [2.05, 4.69) is 17.4 Å². The molecule has 3 aliphatic rings. The fourth-order valence-corrected chi connectivity index (χ4v) is 5.34. The minimum absolute atomic E-state index is 0.0804. The summed E-state index contributed by atoms with van der Waals surface area (Å²) in [4.78, 5) is 39.3. The highest BCUT2D eigenvalue weighted by atomic mass is 16.5. The Kier molecular flexibility index (Phi) is 6.47. The number of rotatable bonds is 8. The number of hydrogen-bond donors (Lipinski definition) is 2. The Labute approximate surface area is 204 Å². The number of carboxylic acids is 1. The second kappa shape index (κ2) is 9.70. The molecule has 2 amide bonds. The van der Waals surface area contributed by atoms with Gasteiger partial charge in [-0.1, -0.05) is 61.4 Å². The summed E-state index contributed by atoms with van der Waals surface area (Å²) >= 11 is 0. The Hall–Kier alpha value is -3.39. The molecular formula is C27H30N2O6. The van der Waals surface area contributed by atoms with Crippen LogP contribution in [-0.4, -0.2) is 66.4 Å². The number of likely N-dealkylation sites (tertiary alicyclic amines) is 1. The maximum absolute atomic E-state index is 13.3. The number of alkyl carbamates (subject to hydrolysis) is 1. The highest BCUT2D eigenvalue weighted by Gasteiger charge is 2.43. The summed E-state index contributed by atoms with van der Waals surface area (Å²) in [7, 11) is 1.51. The van der Waals surface area contributed by atoms with Crippen molar-refractivity contribution in [2.24, 2.45) is 5.92 Å². The van der Waals surface area contributed by atoms with Gasteiger partial charge in [0.1, 0.15) is 18.7 Å². The zero-order chi connectivity index (χ0) is 24.5. The van der Waals surface area contributed by atoms with Crippen LogP contribution in [0.15, 0.2) is 48.5 Å². The monoisotopic (exact) mass is 478 g/mol. The van der Waals surface area contributed by atoms with Gasteiger partial charge >= 0.3 is 12.1 Å². The molecule has 2 aromatic carbocycles. The summed E-state index contributed by atoms with van der Waals surface area (Å²) in [6.07, 6.45) is 1.71. The molecule has 2 aromatic rings. The van der Waals surface area contributed by atoms with Gasteiger partial charge in [-0.15, -0.1) is 0 Å². The summed E-state index contributed by atoms with van der Waals surface area (Å²) < 4.78 is 10.9. The van der Waals surface area contributed by atoms with Crippen molar-refractivity contribution in [2.45, 2.75) is 49.8 Å². The molecule has 2 fully saturated rings. The van der Waals surface area contributed by atoms with Gasteiger partial charge < -0.3 is 24.8 Å². The van der Waals surface area contributed by atoms with E-state index in [0.717, 1.165) is 35.1 Å². The maximum Gasteiger partial charge on any atom is 0.407 e. The average Bonchev–Trinajstić information content (AvgIpc) is 3.48. The average molecular weight is 479 g/mol. The molecule has 3 unspecified atom stereocenters. The number of nitrogens with one attached hydrogen (secondary N) is 1. The number of ether oxygens (including phenoxy) is 2. The van der Waals surface area contributed by atoms with Gasteiger partial charge in [0.15, 0.2) is 0 Å². The van der Waals surface area contributed by atoms with Crippen LogP contribution in [0.2, 0.25) is 0 Å². The number of nitrogens with zero attached hydrogens (tertiary/aromatic N) is 1. The summed E-state index contributed by atoms with van der Waals surface area (Å²) in [6.45, 7) is 0.344. The fourth-order valence-electron chi connectivity index (χ4n) is 5.34. The predicted molar refractivity (Wildman–Crippen MR) is 128 cm³/mol. The molecule has 1 heterocycles. The van der Waals surface area contributed by atoms with Crippen molar-refractivity contribution in [3.63, 3.8) is 0 Å². The lowest BCUT2D eigenvalue weighted by atomic mass is 9.98. The second-order valence-electron chi connectivity index (χ2n) is 9.64. The van der Waals surface area contributed by atoms with E-state index in [4.69, 9.17) is 9.47 Å². The van der Waals surface area contributed by atoms with Crippen LogP contribution in [0, 0.1) is 5.92 Å². The van der Waals surface area contributed by atoms with Gasteiger partial charge in [-0.25, -0.2) is 9.59 Å². The molecule has 1 saturated carbocycles. The number of carbonyl (C=O) groups excluding carboxylic acids is 2. The number of carbonyl (C=O) groups is 3. The van der Waals surface area contributed by atoms with Crippen molar-refractivity contribution in [2.75, 3.05) is 20.3 Å². The molecule has 2 N–H and O–H groups in total. The van der Waals surface area contributed by atoms with Crippen LogP contribution in [0.4, 0.5) is 4.79 Å². The van der Waals surface area contributed by atoms with Crippen molar-refractivity contribution in [1.29, 1.82) is 0 Å². The van der Waals surface area contributed by atoms with Gasteiger partial charge in [0.25, 0.3) is 0 Å². The molecule has 1 saturated heterocycles. The smallest absolute Gasteiger partial charge is 0.407 e. The van der Waals surface area contributed by atoms with E-state index < -0.39 is 30.1 Å². The first-order valence-corrected chi connectivity index (χ1v) is 12.1. The maximum atomic E-state index is 13.3. The Bertz CT molecular complexity index is 1080. The van der Waals surface area contributed by atoms with Gasteiger partial charge in [0, 0.05) is 26.0 Å². The van der Waals surface area contributed by atoms with Crippen molar-refractivity contribution >= 4 is 18.0 Å². The van der Waals surface area contributed by atoms with Crippen LogP contribution >= 0.6 is 0 Å². The standard InChI is InChI=1S/C27H30N2O6/c1-34-17-13-24(26(31)32)29(14-17)25(30)23(12-16-10-11-16)28-27(33)35-15-22-20-8-4-2-6-18(20)19-7-3-5-9-21(19)22/h2-9,16-17,22-24H,10-15H2,1H3,(H,28,33)(H,31,32). The van der Waals surface area contributed by atoms with Crippen molar-refractivity contribution in [3.8, 4) is 11.1 Å². The van der Waals surface area contributed by atoms with Crippen LogP contribution in [0.25, 0.3) is 11.1 Å². The Morgan fingerprint density at radius 1 is 1.06 bits per heavy atom. The fraction of sp³-hybridized carbons (Fsp3) is 0.444. The van der Waals surface area contributed by atoms with E-state index >= 15 is 0 Å². The number of amides is 2. The lowest BCUT2D eigenvalue weighted by Gasteiger charge is -2.27. The van der Waals surface area contributed by atoms with Gasteiger partial charge in [-0.3, -0.25) is 4.79 Å². The van der Waals surface area contributed by atoms with Crippen LogP contribution in [0.3, 0.4) is 0 Å². The zero-order valence-corrected chi connectivity index (χ0v) is 19.7. The molecule has 2 aliphatic carbocycles. The third kappa shape index (κ3) is 4.75. The summed E-state index contributed by atoms with van der Waals surface area (Å²) in [6, 6.07) is 14.4. The number of aliphatic carboxylic acids is 1. The van der Waals surface area contributed by atoms with Crippen LogP contribution < -0.4 is 5.32 Å². The molecule has 0 radical (unpaired) electrons. The lowest BCUT2D eigenvalue weighted by molar-refractivity contribution is -0.149. The first kappa shape index (κ1) is 23.4. The zero-order valence-electron chi connectivity index (χ0n) is 19.7. The highest BCUT2D eigenvalue weighted by molar-refractivity contribution is 5.90. The Morgan fingerprint density at radius 3 is 2.26 bits per heavy atom. The quantitative estimate of drug-likeness (QED) is 0.603. The predicted octanol–water partition coefficient (Wildman–Crippen LogP) is 3.39. The van der Waals surface area contributed by atoms with Crippen LogP contribution in [-0.2, 0) is 19.1 Å². The molecule has 35 heavy (non-hydrogen) atoms. The Morgan fingerprint density at radius 2 is 1.69 bits per heavy atom. The summed E-state index contributed by atoms with van der Waals surface area (Å²) in [5, 5.41) is 12.4. The van der Waals surface area contributed by atoms with Crippen molar-refractivity contribution < 1.29 is 29.0 Å². The second-order valence-corrected chi connectivity index (χ2v) is 9.64. The summed E-state index contributed by atoms with van der Waals surface area (Å²) in [5.41, 5.74) is 4.50. The topological polar surface area (TPSA) is 105 Å². The van der Waals surface area contributed by atoms with E-state index in [0.29, 0.717) is 12.3 Å². The molecule has 184 valence electrons. The van der Waals surface area contributed by atoms with E-state index in [9.17, 15) is 19.5 Å². The van der Waals surface area contributed by atoms with Crippen molar-refractivity contribution in [3.05, 3.63) is 59.7 Å². The molecule has 0 aromatic heterocycles. The van der Waals surface area contributed by atoms with Gasteiger partial charge in [-0.05, 0) is 34.6 Å². The van der Waals surface area contributed by atoms with Gasteiger partial charge in [-0.2, -0.15) is 0 Å². The first-order valence-electron chi connectivity index (χ1n) is 12.1. The van der Waals surface area contributed by atoms with E-state index in [-0.39, 0.29) is 31.6 Å². The summed E-state index contributed by atoms with van der Waals surface area (Å²) in [5.74, 6) is -1.19. The third-order valence-corrected chi connectivity index (χ3v) is 7.36. The van der Waals surface area contributed by atoms with Crippen LogP contribution in [0.1, 0.15) is 42.7 Å². The van der Waals surface area contributed by atoms with Gasteiger partial charge in [0.2, 0.25) is 5.91 Å². The molecule has 8 heteroatoms. The molecule has 5 rings (SSSR count). The minimum atomic E-state index is -1.07. The minimum Gasteiger partial charge on any atom is -0.480 e. The molecular weight excluding hydrogens is 448 g/mol. The number of benzene rings is 2. The van der Waals surface area contributed by atoms with Gasteiger partial charge in [0.05, 0.1) is 6.10 Å². The molecule has 8 nitrogen and oxygen atoms in total.